The van der Waals surface area contributed by atoms with E-state index >= 15 is 0 Å². The number of hydrogen-bond donors (Lipinski definition) is 1. The first-order chi connectivity index (χ1) is 15.1. The Morgan fingerprint density at radius 3 is 2.84 bits per heavy atom. The lowest BCUT2D eigenvalue weighted by atomic mass is 9.49. The summed E-state index contributed by atoms with van der Waals surface area (Å²) in [5.41, 5.74) is 2.49. The number of ether oxygens (including phenoxy) is 1. The molecule has 0 unspecified atom stereocenters. The van der Waals surface area contributed by atoms with Crippen LogP contribution in [0.3, 0.4) is 0 Å². The highest BCUT2D eigenvalue weighted by atomic mass is 16.5. The first-order valence-corrected chi connectivity index (χ1v) is 11.2. The van der Waals surface area contributed by atoms with Gasteiger partial charge in [-0.1, -0.05) is 0 Å². The summed E-state index contributed by atoms with van der Waals surface area (Å²) < 4.78 is 7.44. The van der Waals surface area contributed by atoms with Gasteiger partial charge in [-0.3, -0.25) is 9.89 Å². The van der Waals surface area contributed by atoms with E-state index in [1.54, 1.807) is 10.9 Å². The Bertz CT molecular complexity index is 1180. The van der Waals surface area contributed by atoms with Crippen LogP contribution < -0.4 is 4.90 Å². The van der Waals surface area contributed by atoms with Crippen LogP contribution in [0.4, 0.5) is 5.82 Å². The Labute approximate surface area is 179 Å². The number of nitrogens with one attached hydrogen (secondary N) is 1. The van der Waals surface area contributed by atoms with Crippen molar-refractivity contribution in [1.82, 2.24) is 29.9 Å². The van der Waals surface area contributed by atoms with Crippen molar-refractivity contribution in [3.63, 3.8) is 0 Å². The van der Waals surface area contributed by atoms with Gasteiger partial charge in [0, 0.05) is 31.1 Å². The molecule has 5 aliphatic rings. The monoisotopic (exact) mass is 419 g/mol. The number of aromatic nitrogens is 5. The number of rotatable bonds is 3. The van der Waals surface area contributed by atoms with Crippen molar-refractivity contribution in [3.05, 3.63) is 29.6 Å². The number of amides is 1. The summed E-state index contributed by atoms with van der Waals surface area (Å²) in [7, 11) is 0. The van der Waals surface area contributed by atoms with Crippen molar-refractivity contribution in [1.29, 1.82) is 0 Å². The maximum atomic E-state index is 13.9. The molecule has 8 rings (SSSR count). The van der Waals surface area contributed by atoms with Gasteiger partial charge in [0.1, 0.15) is 5.82 Å². The van der Waals surface area contributed by atoms with Crippen molar-refractivity contribution in [2.24, 2.45) is 5.92 Å². The first kappa shape index (κ1) is 17.7. The number of anilines is 1. The molecule has 4 fully saturated rings. The molecule has 3 aromatic rings. The quantitative estimate of drug-likeness (QED) is 0.697. The van der Waals surface area contributed by atoms with Gasteiger partial charge >= 0.3 is 0 Å². The van der Waals surface area contributed by atoms with Crippen molar-refractivity contribution in [2.75, 3.05) is 31.2 Å². The van der Waals surface area contributed by atoms with Crippen LogP contribution in [0, 0.1) is 5.92 Å². The zero-order valence-electron chi connectivity index (χ0n) is 17.5. The summed E-state index contributed by atoms with van der Waals surface area (Å²) in [5, 5.41) is 12.9. The maximum Gasteiger partial charge on any atom is 0.255 e. The van der Waals surface area contributed by atoms with Gasteiger partial charge in [0.15, 0.2) is 11.5 Å². The van der Waals surface area contributed by atoms with Crippen LogP contribution in [0.5, 0.6) is 0 Å². The molecule has 5 heterocycles. The zero-order chi connectivity index (χ0) is 20.7. The minimum atomic E-state index is 0.0899. The van der Waals surface area contributed by atoms with Gasteiger partial charge in [0.2, 0.25) is 0 Å². The Morgan fingerprint density at radius 1 is 1.26 bits per heavy atom. The van der Waals surface area contributed by atoms with Gasteiger partial charge in [-0.15, -0.1) is 0 Å². The number of hydrogen-bond acceptors (Lipinski definition) is 6. The molecule has 3 saturated carbocycles. The van der Waals surface area contributed by atoms with Gasteiger partial charge in [-0.25, -0.2) is 4.98 Å². The Balaban J connectivity index is 1.43. The van der Waals surface area contributed by atoms with E-state index in [0.29, 0.717) is 13.2 Å². The fraction of sp³-hybridized carbons (Fsp3) is 0.545. The molecule has 1 atom stereocenters. The standard InChI is InChI=1S/C22H25N7O2/c1-13-12-31-7-6-27(13)18-8-15-19-16(26-29(20(19)24-18)17-2-4-23-25-17)3-5-28(21(15)30)22-9-14(10-22)11-22/h2,4,8,13-14H,3,5-7,9-12H2,1H3,(H,23,25)/t13-,14?,22?/m1/s1. The number of nitrogens with zero attached hydrogens (tertiary/aromatic N) is 6. The van der Waals surface area contributed by atoms with E-state index in [9.17, 15) is 4.79 Å². The number of aromatic amines is 1. The van der Waals surface area contributed by atoms with Crippen LogP contribution >= 0.6 is 0 Å². The van der Waals surface area contributed by atoms with E-state index in [2.05, 4.69) is 26.9 Å². The van der Waals surface area contributed by atoms with E-state index in [-0.39, 0.29) is 17.5 Å². The minimum absolute atomic E-state index is 0.0899. The molecule has 1 amide bonds. The molecule has 2 bridgehead atoms. The molecule has 31 heavy (non-hydrogen) atoms. The summed E-state index contributed by atoms with van der Waals surface area (Å²) in [5.74, 6) is 2.53. The minimum Gasteiger partial charge on any atom is -0.377 e. The molecular formula is C22H25N7O2. The van der Waals surface area contributed by atoms with E-state index in [4.69, 9.17) is 14.8 Å². The topological polar surface area (TPSA) is 92.2 Å². The van der Waals surface area contributed by atoms with Crippen molar-refractivity contribution >= 4 is 22.8 Å². The smallest absolute Gasteiger partial charge is 0.255 e. The average molecular weight is 419 g/mol. The number of carbonyl (C=O) groups excluding carboxylic acids is 1. The van der Waals surface area contributed by atoms with E-state index in [1.807, 2.05) is 12.1 Å². The molecule has 1 saturated heterocycles. The number of H-pyrrole nitrogens is 1. The fourth-order valence-corrected chi connectivity index (χ4v) is 5.95. The van der Waals surface area contributed by atoms with Gasteiger partial charge in [0.05, 0.1) is 42.1 Å². The Hall–Kier alpha value is -2.94. The van der Waals surface area contributed by atoms with Crippen LogP contribution in [-0.2, 0) is 11.2 Å². The third-order valence-corrected chi connectivity index (χ3v) is 7.70. The van der Waals surface area contributed by atoms with Crippen molar-refractivity contribution in [2.45, 2.75) is 44.2 Å². The molecule has 3 aromatic heterocycles. The van der Waals surface area contributed by atoms with Gasteiger partial charge in [-0.2, -0.15) is 14.9 Å². The molecule has 2 aliphatic heterocycles. The second-order valence-electron chi connectivity index (χ2n) is 9.55. The summed E-state index contributed by atoms with van der Waals surface area (Å²) in [4.78, 5) is 23.3. The number of morpholine rings is 1. The van der Waals surface area contributed by atoms with Crippen LogP contribution in [0.25, 0.3) is 16.9 Å². The normalized spacial score (nSPS) is 29.6. The third-order valence-electron chi connectivity index (χ3n) is 7.70. The molecule has 9 heteroatoms. The van der Waals surface area contributed by atoms with Crippen molar-refractivity contribution < 1.29 is 9.53 Å². The lowest BCUT2D eigenvalue weighted by molar-refractivity contribution is -0.123. The predicted molar refractivity (Wildman–Crippen MR) is 113 cm³/mol. The molecule has 0 radical (unpaired) electrons. The van der Waals surface area contributed by atoms with Gasteiger partial charge in [-0.05, 0) is 38.2 Å². The SMILES string of the molecule is C[C@@H]1COCCN1c1cc2c3c(nn(-c4ccn[nH]4)c3n1)CCN(C13CC(C1)C3)C2=O. The predicted octanol–water partition coefficient (Wildman–Crippen LogP) is 1.92. The van der Waals surface area contributed by atoms with Crippen LogP contribution in [0.15, 0.2) is 18.3 Å². The lowest BCUT2D eigenvalue weighted by Crippen LogP contribution is -2.69. The van der Waals surface area contributed by atoms with E-state index < -0.39 is 0 Å². The van der Waals surface area contributed by atoms with Gasteiger partial charge in [0.25, 0.3) is 5.91 Å². The highest BCUT2D eigenvalue weighted by molar-refractivity contribution is 6.08. The second kappa shape index (κ2) is 6.06. The van der Waals surface area contributed by atoms with E-state index in [0.717, 1.165) is 78.6 Å². The Morgan fingerprint density at radius 2 is 2.13 bits per heavy atom. The van der Waals surface area contributed by atoms with Crippen molar-refractivity contribution in [3.8, 4) is 5.82 Å². The summed E-state index contributed by atoms with van der Waals surface area (Å²) >= 11 is 0. The van der Waals surface area contributed by atoms with E-state index in [1.165, 1.54) is 0 Å². The van der Waals surface area contributed by atoms with Crippen LogP contribution in [-0.4, -0.2) is 73.7 Å². The second-order valence-corrected chi connectivity index (χ2v) is 9.55. The first-order valence-electron chi connectivity index (χ1n) is 11.2. The fourth-order valence-electron chi connectivity index (χ4n) is 5.95. The molecular weight excluding hydrogens is 394 g/mol. The maximum absolute atomic E-state index is 13.9. The molecule has 3 aliphatic carbocycles. The summed E-state index contributed by atoms with van der Waals surface area (Å²) in [6.45, 7) is 4.93. The molecule has 160 valence electrons. The highest BCUT2D eigenvalue weighted by Crippen LogP contribution is 2.61. The summed E-state index contributed by atoms with van der Waals surface area (Å²) in [6, 6.07) is 4.07. The summed E-state index contributed by atoms with van der Waals surface area (Å²) in [6.07, 6.45) is 5.93. The third kappa shape index (κ3) is 2.35. The highest BCUT2D eigenvalue weighted by Gasteiger charge is 2.61. The molecule has 0 spiro atoms. The average Bonchev–Trinajstić information content (AvgIpc) is 3.33. The Kier molecular flexibility index (Phi) is 3.46. The molecule has 9 nitrogen and oxygen atoms in total. The lowest BCUT2D eigenvalue weighted by Gasteiger charge is -2.66. The number of carbonyl (C=O) groups is 1. The zero-order valence-corrected chi connectivity index (χ0v) is 17.5. The van der Waals surface area contributed by atoms with Gasteiger partial charge < -0.3 is 14.5 Å². The molecule has 0 aromatic carbocycles. The number of pyridine rings is 1. The van der Waals surface area contributed by atoms with Crippen LogP contribution in [0.1, 0.15) is 42.2 Å². The molecule has 1 N–H and O–H groups in total. The largest absolute Gasteiger partial charge is 0.377 e. The van der Waals surface area contributed by atoms with Crippen LogP contribution in [0.2, 0.25) is 0 Å².